The van der Waals surface area contributed by atoms with Crippen LogP contribution in [-0.2, 0) is 6.42 Å². The summed E-state index contributed by atoms with van der Waals surface area (Å²) >= 11 is 0. The highest BCUT2D eigenvalue weighted by molar-refractivity contribution is 5.61. The second kappa shape index (κ2) is 4.79. The Morgan fingerprint density at radius 1 is 1.31 bits per heavy atom. The summed E-state index contributed by atoms with van der Waals surface area (Å²) in [5.74, 6) is 1.71. The lowest BCUT2D eigenvalue weighted by atomic mass is 10.2. The minimum absolute atomic E-state index is 0.823. The fraction of sp³-hybridized carbons (Fsp3) is 0.333. The first-order valence-corrected chi connectivity index (χ1v) is 5.48. The molecule has 0 aromatic carbocycles. The second-order valence-electron chi connectivity index (χ2n) is 3.45. The molecule has 2 heterocycles. The third-order valence-corrected chi connectivity index (χ3v) is 2.26. The molecule has 1 N–H and O–H groups in total. The van der Waals surface area contributed by atoms with Gasteiger partial charge in [0.25, 0.3) is 0 Å². The van der Waals surface area contributed by atoms with E-state index >= 15 is 0 Å². The zero-order valence-corrected chi connectivity index (χ0v) is 9.53. The lowest BCUT2D eigenvalue weighted by molar-refractivity contribution is 0.568. The topological polar surface area (TPSA) is 51.0 Å². The summed E-state index contributed by atoms with van der Waals surface area (Å²) < 4.78 is 5.06. The van der Waals surface area contributed by atoms with Gasteiger partial charge in [0.1, 0.15) is 11.6 Å². The number of aryl methyl sites for hydroxylation is 1. The van der Waals surface area contributed by atoms with E-state index in [0.29, 0.717) is 0 Å². The molecule has 0 saturated carbocycles. The quantitative estimate of drug-likeness (QED) is 0.855. The van der Waals surface area contributed by atoms with E-state index in [-0.39, 0.29) is 0 Å². The van der Waals surface area contributed by atoms with Gasteiger partial charge in [-0.25, -0.2) is 9.97 Å². The zero-order valence-electron chi connectivity index (χ0n) is 9.53. The van der Waals surface area contributed by atoms with Crippen LogP contribution in [0.2, 0.25) is 0 Å². The minimum Gasteiger partial charge on any atom is -0.472 e. The first-order valence-electron chi connectivity index (χ1n) is 5.48. The Balaban J connectivity index is 2.41. The smallest absolute Gasteiger partial charge is 0.131 e. The Morgan fingerprint density at radius 3 is 2.81 bits per heavy atom. The predicted molar refractivity (Wildman–Crippen MR) is 63.3 cm³/mol. The fourth-order valence-electron chi connectivity index (χ4n) is 1.49. The summed E-state index contributed by atoms with van der Waals surface area (Å²) in [4.78, 5) is 8.86. The monoisotopic (exact) mass is 217 g/mol. The molecular weight excluding hydrogens is 202 g/mol. The van der Waals surface area contributed by atoms with E-state index in [0.717, 1.165) is 35.9 Å². The van der Waals surface area contributed by atoms with Crippen LogP contribution >= 0.6 is 0 Å². The van der Waals surface area contributed by atoms with Crippen molar-refractivity contribution < 1.29 is 4.42 Å². The van der Waals surface area contributed by atoms with Gasteiger partial charge in [0.15, 0.2) is 0 Å². The van der Waals surface area contributed by atoms with Gasteiger partial charge in [-0.1, -0.05) is 6.92 Å². The summed E-state index contributed by atoms with van der Waals surface area (Å²) in [6.45, 7) is 4.94. The molecule has 0 unspecified atom stereocenters. The van der Waals surface area contributed by atoms with Crippen LogP contribution < -0.4 is 5.32 Å². The number of aromatic nitrogens is 2. The maximum absolute atomic E-state index is 5.06. The Hall–Kier alpha value is -1.84. The standard InChI is InChI=1S/C12H15N3O/c1-3-11-14-10(9-5-6-16-8-9)7-12(15-11)13-4-2/h5-8H,3-4H2,1-2H3,(H,13,14,15). The van der Waals surface area contributed by atoms with Crippen molar-refractivity contribution in [2.75, 3.05) is 11.9 Å². The summed E-state index contributed by atoms with van der Waals surface area (Å²) in [7, 11) is 0. The van der Waals surface area contributed by atoms with E-state index in [1.807, 2.05) is 26.0 Å². The van der Waals surface area contributed by atoms with Gasteiger partial charge in [0.2, 0.25) is 0 Å². The number of nitrogens with one attached hydrogen (secondary N) is 1. The molecule has 2 aromatic heterocycles. The summed E-state index contributed by atoms with van der Waals surface area (Å²) in [5, 5.41) is 3.20. The second-order valence-corrected chi connectivity index (χ2v) is 3.45. The molecule has 84 valence electrons. The van der Waals surface area contributed by atoms with Crippen LogP contribution in [0.3, 0.4) is 0 Å². The molecule has 0 atom stereocenters. The molecular formula is C12H15N3O. The van der Waals surface area contributed by atoms with Gasteiger partial charge in [-0.05, 0) is 13.0 Å². The number of hydrogen-bond donors (Lipinski definition) is 1. The average Bonchev–Trinajstić information content (AvgIpc) is 2.82. The van der Waals surface area contributed by atoms with E-state index in [2.05, 4.69) is 15.3 Å². The lowest BCUT2D eigenvalue weighted by Crippen LogP contribution is -2.03. The predicted octanol–water partition coefficient (Wildman–Crippen LogP) is 2.73. The molecule has 0 bridgehead atoms. The van der Waals surface area contributed by atoms with E-state index in [9.17, 15) is 0 Å². The highest BCUT2D eigenvalue weighted by Gasteiger charge is 2.06. The average molecular weight is 217 g/mol. The van der Waals surface area contributed by atoms with Crippen LogP contribution in [0, 0.1) is 0 Å². The minimum atomic E-state index is 0.823. The van der Waals surface area contributed by atoms with Crippen molar-refractivity contribution in [3.05, 3.63) is 30.5 Å². The molecule has 0 amide bonds. The summed E-state index contributed by atoms with van der Waals surface area (Å²) in [6, 6.07) is 3.84. The van der Waals surface area contributed by atoms with Gasteiger partial charge in [-0.3, -0.25) is 0 Å². The molecule has 0 fully saturated rings. The Kier molecular flexibility index (Phi) is 3.19. The molecule has 0 aliphatic rings. The summed E-state index contributed by atoms with van der Waals surface area (Å²) in [5.41, 5.74) is 1.88. The zero-order chi connectivity index (χ0) is 11.4. The third-order valence-electron chi connectivity index (χ3n) is 2.26. The van der Waals surface area contributed by atoms with Crippen molar-refractivity contribution >= 4 is 5.82 Å². The number of nitrogens with zero attached hydrogens (tertiary/aromatic N) is 2. The summed E-state index contributed by atoms with van der Waals surface area (Å²) in [6.07, 6.45) is 4.16. The van der Waals surface area contributed by atoms with Crippen LogP contribution in [0.1, 0.15) is 19.7 Å². The normalized spacial score (nSPS) is 10.4. The van der Waals surface area contributed by atoms with E-state index < -0.39 is 0 Å². The van der Waals surface area contributed by atoms with Crippen molar-refractivity contribution in [2.45, 2.75) is 20.3 Å². The van der Waals surface area contributed by atoms with Crippen molar-refractivity contribution in [3.8, 4) is 11.3 Å². The molecule has 0 spiro atoms. The molecule has 2 rings (SSSR count). The van der Waals surface area contributed by atoms with E-state index in [1.165, 1.54) is 0 Å². The molecule has 0 aliphatic carbocycles. The lowest BCUT2D eigenvalue weighted by Gasteiger charge is -2.06. The van der Waals surface area contributed by atoms with Crippen LogP contribution in [0.4, 0.5) is 5.82 Å². The van der Waals surface area contributed by atoms with Crippen molar-refractivity contribution in [2.24, 2.45) is 0 Å². The fourth-order valence-corrected chi connectivity index (χ4v) is 1.49. The van der Waals surface area contributed by atoms with Gasteiger partial charge in [-0.2, -0.15) is 0 Å². The Bertz CT molecular complexity index is 451. The molecule has 0 radical (unpaired) electrons. The number of furan rings is 1. The molecule has 0 saturated heterocycles. The van der Waals surface area contributed by atoms with Crippen molar-refractivity contribution in [3.63, 3.8) is 0 Å². The van der Waals surface area contributed by atoms with Crippen molar-refractivity contribution in [1.82, 2.24) is 9.97 Å². The van der Waals surface area contributed by atoms with Gasteiger partial charge >= 0.3 is 0 Å². The molecule has 0 aliphatic heterocycles. The van der Waals surface area contributed by atoms with Crippen LogP contribution in [0.25, 0.3) is 11.3 Å². The maximum atomic E-state index is 5.06. The number of hydrogen-bond acceptors (Lipinski definition) is 4. The molecule has 4 nitrogen and oxygen atoms in total. The number of anilines is 1. The van der Waals surface area contributed by atoms with Crippen LogP contribution in [0.15, 0.2) is 29.1 Å². The SMILES string of the molecule is CCNc1cc(-c2ccoc2)nc(CC)n1. The Labute approximate surface area is 94.7 Å². The first kappa shape index (κ1) is 10.7. The van der Waals surface area contributed by atoms with Gasteiger partial charge in [-0.15, -0.1) is 0 Å². The highest BCUT2D eigenvalue weighted by Crippen LogP contribution is 2.20. The Morgan fingerprint density at radius 2 is 2.19 bits per heavy atom. The van der Waals surface area contributed by atoms with Crippen LogP contribution in [0.5, 0.6) is 0 Å². The van der Waals surface area contributed by atoms with Crippen LogP contribution in [-0.4, -0.2) is 16.5 Å². The van der Waals surface area contributed by atoms with Gasteiger partial charge < -0.3 is 9.73 Å². The molecule has 16 heavy (non-hydrogen) atoms. The number of rotatable bonds is 4. The first-order chi connectivity index (χ1) is 7.83. The van der Waals surface area contributed by atoms with Gasteiger partial charge in [0, 0.05) is 24.6 Å². The van der Waals surface area contributed by atoms with E-state index in [1.54, 1.807) is 12.5 Å². The van der Waals surface area contributed by atoms with Crippen molar-refractivity contribution in [1.29, 1.82) is 0 Å². The molecule has 2 aromatic rings. The van der Waals surface area contributed by atoms with Gasteiger partial charge in [0.05, 0.1) is 18.2 Å². The highest BCUT2D eigenvalue weighted by atomic mass is 16.3. The van der Waals surface area contributed by atoms with E-state index in [4.69, 9.17) is 4.42 Å². The molecule has 4 heteroatoms. The largest absolute Gasteiger partial charge is 0.472 e. The third kappa shape index (κ3) is 2.21. The maximum Gasteiger partial charge on any atom is 0.131 e.